The molecule has 2 N–H and O–H groups in total. The van der Waals surface area contributed by atoms with Crippen molar-refractivity contribution in [2.45, 2.75) is 44.2 Å². The third kappa shape index (κ3) is 6.59. The Hall–Kier alpha value is -0.0700. The summed E-state index contributed by atoms with van der Waals surface area (Å²) in [4.78, 5) is 14.4. The van der Waals surface area contributed by atoms with Crippen LogP contribution in [0.2, 0.25) is 0 Å². The Morgan fingerprint density at radius 3 is 2.50 bits per heavy atom. The monoisotopic (exact) mass is 355 g/mol. The zero-order valence-electron chi connectivity index (χ0n) is 13.7. The van der Waals surface area contributed by atoms with Crippen LogP contribution in [0.1, 0.15) is 32.1 Å². The Labute approximate surface area is 146 Å². The number of rotatable bonds is 5. The number of carbonyl (C=O) groups is 1. The van der Waals surface area contributed by atoms with Gasteiger partial charge < -0.3 is 20.3 Å². The first-order chi connectivity index (χ1) is 9.68. The maximum Gasteiger partial charge on any atom is 0.239 e. The van der Waals surface area contributed by atoms with Crippen molar-refractivity contribution >= 4 is 30.7 Å². The molecule has 2 fully saturated rings. The molecular weight excluding hydrogens is 325 g/mol. The van der Waals surface area contributed by atoms with Crippen LogP contribution in [0, 0.1) is 5.92 Å². The first kappa shape index (κ1) is 21.9. The first-order valence-electron chi connectivity index (χ1n) is 7.93. The van der Waals surface area contributed by atoms with E-state index in [0.717, 1.165) is 19.0 Å². The quantitative estimate of drug-likeness (QED) is 0.783. The SMILES string of the molecule is CN(C)C(CNC(=O)C1COCCN1)C1CCCCC1.Cl.Cl. The smallest absolute Gasteiger partial charge is 0.239 e. The maximum absolute atomic E-state index is 12.1. The molecule has 2 unspecified atom stereocenters. The van der Waals surface area contributed by atoms with E-state index in [1.807, 2.05) is 0 Å². The molecule has 1 heterocycles. The lowest BCUT2D eigenvalue weighted by atomic mass is 9.83. The number of amides is 1. The molecule has 0 bridgehead atoms. The van der Waals surface area contributed by atoms with Crippen LogP contribution < -0.4 is 10.6 Å². The van der Waals surface area contributed by atoms with Gasteiger partial charge in [-0.05, 0) is 32.9 Å². The summed E-state index contributed by atoms with van der Waals surface area (Å²) in [7, 11) is 4.24. The van der Waals surface area contributed by atoms with Crippen LogP contribution in [-0.2, 0) is 9.53 Å². The molecule has 7 heteroatoms. The molecule has 132 valence electrons. The zero-order chi connectivity index (χ0) is 14.4. The van der Waals surface area contributed by atoms with Crippen LogP contribution >= 0.6 is 24.8 Å². The van der Waals surface area contributed by atoms with E-state index in [0.29, 0.717) is 19.3 Å². The average Bonchev–Trinajstić information content (AvgIpc) is 2.49. The van der Waals surface area contributed by atoms with Gasteiger partial charge >= 0.3 is 0 Å². The predicted molar refractivity (Wildman–Crippen MR) is 94.2 cm³/mol. The van der Waals surface area contributed by atoms with Crippen LogP contribution in [0.5, 0.6) is 0 Å². The lowest BCUT2D eigenvalue weighted by Gasteiger charge is -2.35. The van der Waals surface area contributed by atoms with Gasteiger partial charge in [0.15, 0.2) is 0 Å². The molecule has 22 heavy (non-hydrogen) atoms. The molecule has 1 amide bonds. The fourth-order valence-corrected chi connectivity index (χ4v) is 3.35. The minimum absolute atomic E-state index is 0. The van der Waals surface area contributed by atoms with Crippen LogP contribution in [-0.4, -0.2) is 63.3 Å². The second-order valence-electron chi connectivity index (χ2n) is 6.26. The van der Waals surface area contributed by atoms with E-state index in [2.05, 4.69) is 29.6 Å². The van der Waals surface area contributed by atoms with E-state index in [1.165, 1.54) is 32.1 Å². The van der Waals surface area contributed by atoms with Crippen molar-refractivity contribution in [1.82, 2.24) is 15.5 Å². The zero-order valence-corrected chi connectivity index (χ0v) is 15.3. The molecule has 0 aromatic carbocycles. The normalized spacial score (nSPS) is 24.0. The average molecular weight is 356 g/mol. The number of hydrogen-bond donors (Lipinski definition) is 2. The standard InChI is InChI=1S/C15H29N3O2.2ClH/c1-18(2)14(12-6-4-3-5-7-12)10-17-15(19)13-11-20-9-8-16-13;;/h12-14,16H,3-11H2,1-2H3,(H,17,19);2*1H. The number of nitrogens with zero attached hydrogens (tertiary/aromatic N) is 1. The number of carbonyl (C=O) groups excluding carboxylic acids is 1. The number of nitrogens with one attached hydrogen (secondary N) is 2. The lowest BCUT2D eigenvalue weighted by Crippen LogP contribution is -2.54. The molecule has 2 rings (SSSR count). The number of halogens is 2. The molecule has 0 aromatic heterocycles. The summed E-state index contributed by atoms with van der Waals surface area (Å²) >= 11 is 0. The van der Waals surface area contributed by atoms with Crippen molar-refractivity contribution in [2.75, 3.05) is 40.4 Å². The molecule has 5 nitrogen and oxygen atoms in total. The summed E-state index contributed by atoms with van der Waals surface area (Å²) in [6.07, 6.45) is 6.63. The molecule has 0 radical (unpaired) electrons. The molecule has 2 aliphatic rings. The highest BCUT2D eigenvalue weighted by Crippen LogP contribution is 2.28. The fourth-order valence-electron chi connectivity index (χ4n) is 3.35. The van der Waals surface area contributed by atoms with E-state index < -0.39 is 0 Å². The van der Waals surface area contributed by atoms with Gasteiger partial charge in [0.2, 0.25) is 5.91 Å². The Kier molecular flexibility index (Phi) is 11.4. The summed E-state index contributed by atoms with van der Waals surface area (Å²) in [6, 6.07) is 0.265. The summed E-state index contributed by atoms with van der Waals surface area (Å²) in [6.45, 7) is 2.70. The fraction of sp³-hybridized carbons (Fsp3) is 0.933. The highest BCUT2D eigenvalue weighted by molar-refractivity contribution is 5.85. The van der Waals surface area contributed by atoms with Crippen molar-refractivity contribution in [3.05, 3.63) is 0 Å². The third-order valence-electron chi connectivity index (χ3n) is 4.58. The minimum atomic E-state index is -0.182. The Bertz CT molecular complexity index is 307. The van der Waals surface area contributed by atoms with Gasteiger partial charge in [0, 0.05) is 19.1 Å². The minimum Gasteiger partial charge on any atom is -0.378 e. The van der Waals surface area contributed by atoms with E-state index >= 15 is 0 Å². The van der Waals surface area contributed by atoms with Crippen LogP contribution in [0.4, 0.5) is 0 Å². The molecule has 1 aliphatic heterocycles. The number of likely N-dealkylation sites (N-methyl/N-ethyl adjacent to an activating group) is 1. The van der Waals surface area contributed by atoms with Crippen LogP contribution in [0.3, 0.4) is 0 Å². The second kappa shape index (κ2) is 11.5. The third-order valence-corrected chi connectivity index (χ3v) is 4.58. The molecule has 2 atom stereocenters. The highest BCUT2D eigenvalue weighted by atomic mass is 35.5. The lowest BCUT2D eigenvalue weighted by molar-refractivity contribution is -0.126. The van der Waals surface area contributed by atoms with Crippen LogP contribution in [0.25, 0.3) is 0 Å². The molecule has 0 spiro atoms. The highest BCUT2D eigenvalue weighted by Gasteiger charge is 2.27. The van der Waals surface area contributed by atoms with Gasteiger partial charge in [-0.1, -0.05) is 19.3 Å². The molecule has 0 aromatic rings. The predicted octanol–water partition coefficient (Wildman–Crippen LogP) is 1.45. The molecule has 1 aliphatic carbocycles. The largest absolute Gasteiger partial charge is 0.378 e. The Balaban J connectivity index is 0.00000220. The number of morpholine rings is 1. The number of ether oxygens (including phenoxy) is 1. The first-order valence-corrected chi connectivity index (χ1v) is 7.93. The van der Waals surface area contributed by atoms with Crippen molar-refractivity contribution < 1.29 is 9.53 Å². The van der Waals surface area contributed by atoms with E-state index in [4.69, 9.17) is 4.74 Å². The van der Waals surface area contributed by atoms with Crippen molar-refractivity contribution in [1.29, 1.82) is 0 Å². The molecule has 1 saturated carbocycles. The van der Waals surface area contributed by atoms with Gasteiger partial charge in [-0.3, -0.25) is 4.79 Å². The van der Waals surface area contributed by atoms with Crippen molar-refractivity contribution in [3.63, 3.8) is 0 Å². The molecule has 1 saturated heterocycles. The number of hydrogen-bond acceptors (Lipinski definition) is 4. The van der Waals surface area contributed by atoms with Gasteiger partial charge in [-0.15, -0.1) is 24.8 Å². The Morgan fingerprint density at radius 1 is 1.27 bits per heavy atom. The van der Waals surface area contributed by atoms with Gasteiger partial charge in [-0.2, -0.15) is 0 Å². The van der Waals surface area contributed by atoms with Gasteiger partial charge in [0.05, 0.1) is 13.2 Å². The topological polar surface area (TPSA) is 53.6 Å². The van der Waals surface area contributed by atoms with E-state index in [-0.39, 0.29) is 36.8 Å². The Morgan fingerprint density at radius 2 is 1.95 bits per heavy atom. The summed E-state index contributed by atoms with van der Waals surface area (Å²) in [5, 5.41) is 6.31. The summed E-state index contributed by atoms with van der Waals surface area (Å²) in [5.74, 6) is 0.793. The maximum atomic E-state index is 12.1. The van der Waals surface area contributed by atoms with Crippen LogP contribution in [0.15, 0.2) is 0 Å². The van der Waals surface area contributed by atoms with Gasteiger partial charge in [0.1, 0.15) is 6.04 Å². The van der Waals surface area contributed by atoms with E-state index in [1.54, 1.807) is 0 Å². The van der Waals surface area contributed by atoms with Gasteiger partial charge in [0.25, 0.3) is 0 Å². The van der Waals surface area contributed by atoms with Crippen molar-refractivity contribution in [2.24, 2.45) is 5.92 Å². The summed E-state index contributed by atoms with van der Waals surface area (Å²) in [5.41, 5.74) is 0. The molecular formula is C15H31Cl2N3O2. The van der Waals surface area contributed by atoms with Crippen molar-refractivity contribution in [3.8, 4) is 0 Å². The summed E-state index contributed by atoms with van der Waals surface area (Å²) < 4.78 is 5.34. The van der Waals surface area contributed by atoms with Gasteiger partial charge in [-0.25, -0.2) is 0 Å². The second-order valence-corrected chi connectivity index (χ2v) is 6.26. The van der Waals surface area contributed by atoms with E-state index in [9.17, 15) is 4.79 Å².